The predicted octanol–water partition coefficient (Wildman–Crippen LogP) is 3.17. The number of carbonyl (C=O) groups excluding carboxylic acids is 1. The molecule has 0 radical (unpaired) electrons. The molecule has 0 fully saturated rings. The van der Waals surface area contributed by atoms with E-state index in [4.69, 9.17) is 14.2 Å². The van der Waals surface area contributed by atoms with E-state index in [9.17, 15) is 4.79 Å². The highest BCUT2D eigenvalue weighted by Crippen LogP contribution is 2.28. The first-order valence-corrected chi connectivity index (χ1v) is 8.47. The maximum Gasteiger partial charge on any atom is 0.238 e. The van der Waals surface area contributed by atoms with E-state index in [1.165, 1.54) is 0 Å². The number of hydrogen-bond acceptors (Lipinski definition) is 5. The number of rotatable bonds is 9. The highest BCUT2D eigenvalue weighted by molar-refractivity contribution is 5.93. The summed E-state index contributed by atoms with van der Waals surface area (Å²) < 4.78 is 15.9. The standard InChI is InChI=1S/C20H26N2O4/c1-5-26-16-8-6-15(7-9-16)13-22(2)14-20(23)21-18-11-10-17(24-3)12-19(18)25-4/h6-12H,5,13-14H2,1-4H3,(H,21,23). The third-order valence-corrected chi connectivity index (χ3v) is 3.78. The summed E-state index contributed by atoms with van der Waals surface area (Å²) in [6.45, 7) is 3.54. The van der Waals surface area contributed by atoms with E-state index in [2.05, 4.69) is 5.32 Å². The molecular weight excluding hydrogens is 332 g/mol. The van der Waals surface area contributed by atoms with Crippen LogP contribution in [0.5, 0.6) is 17.2 Å². The summed E-state index contributed by atoms with van der Waals surface area (Å²) in [7, 11) is 5.05. The minimum atomic E-state index is -0.109. The van der Waals surface area contributed by atoms with E-state index >= 15 is 0 Å². The van der Waals surface area contributed by atoms with Gasteiger partial charge in [-0.3, -0.25) is 9.69 Å². The van der Waals surface area contributed by atoms with Crippen LogP contribution in [0.2, 0.25) is 0 Å². The van der Waals surface area contributed by atoms with E-state index in [0.717, 1.165) is 11.3 Å². The third-order valence-electron chi connectivity index (χ3n) is 3.78. The summed E-state index contributed by atoms with van der Waals surface area (Å²) in [6.07, 6.45) is 0. The number of likely N-dealkylation sites (N-methyl/N-ethyl adjacent to an activating group) is 1. The van der Waals surface area contributed by atoms with Crippen LogP contribution in [-0.2, 0) is 11.3 Å². The zero-order valence-corrected chi connectivity index (χ0v) is 15.7. The molecule has 0 bridgehead atoms. The lowest BCUT2D eigenvalue weighted by molar-refractivity contribution is -0.117. The Bertz CT molecular complexity index is 716. The zero-order chi connectivity index (χ0) is 18.9. The molecule has 0 unspecified atom stereocenters. The molecule has 0 heterocycles. The van der Waals surface area contributed by atoms with Crippen LogP contribution in [0.15, 0.2) is 42.5 Å². The monoisotopic (exact) mass is 358 g/mol. The fourth-order valence-electron chi connectivity index (χ4n) is 2.56. The number of ether oxygens (including phenoxy) is 3. The third kappa shape index (κ3) is 5.67. The number of carbonyl (C=O) groups is 1. The normalized spacial score (nSPS) is 10.5. The summed E-state index contributed by atoms with van der Waals surface area (Å²) in [5, 5.41) is 2.87. The Morgan fingerprint density at radius 1 is 1.04 bits per heavy atom. The predicted molar refractivity (Wildman–Crippen MR) is 102 cm³/mol. The molecule has 2 aromatic rings. The van der Waals surface area contributed by atoms with Gasteiger partial charge in [-0.05, 0) is 43.8 Å². The van der Waals surface area contributed by atoms with Crippen molar-refractivity contribution >= 4 is 11.6 Å². The Morgan fingerprint density at radius 3 is 2.35 bits per heavy atom. The molecule has 0 saturated heterocycles. The first-order valence-electron chi connectivity index (χ1n) is 8.47. The van der Waals surface area contributed by atoms with E-state index in [0.29, 0.717) is 30.3 Å². The summed E-state index contributed by atoms with van der Waals surface area (Å²) in [5.41, 5.74) is 1.73. The maximum absolute atomic E-state index is 12.3. The lowest BCUT2D eigenvalue weighted by atomic mass is 10.2. The molecule has 140 valence electrons. The molecule has 2 aromatic carbocycles. The molecule has 0 aromatic heterocycles. The molecule has 0 spiro atoms. The van der Waals surface area contributed by atoms with E-state index in [-0.39, 0.29) is 12.5 Å². The van der Waals surface area contributed by atoms with Gasteiger partial charge in [0.25, 0.3) is 0 Å². The number of amides is 1. The summed E-state index contributed by atoms with van der Waals surface area (Å²) >= 11 is 0. The summed E-state index contributed by atoms with van der Waals surface area (Å²) in [4.78, 5) is 14.3. The van der Waals surface area contributed by atoms with Crippen molar-refractivity contribution in [3.63, 3.8) is 0 Å². The van der Waals surface area contributed by atoms with Gasteiger partial charge in [0, 0.05) is 12.6 Å². The number of nitrogens with one attached hydrogen (secondary N) is 1. The van der Waals surface area contributed by atoms with Gasteiger partial charge in [-0.2, -0.15) is 0 Å². The fraction of sp³-hybridized carbons (Fsp3) is 0.350. The maximum atomic E-state index is 12.3. The molecule has 1 amide bonds. The molecule has 0 aliphatic rings. The smallest absolute Gasteiger partial charge is 0.238 e. The zero-order valence-electron chi connectivity index (χ0n) is 15.7. The van der Waals surface area contributed by atoms with Gasteiger partial charge in [-0.1, -0.05) is 12.1 Å². The molecule has 0 atom stereocenters. The van der Waals surface area contributed by atoms with Gasteiger partial charge in [0.05, 0.1) is 33.1 Å². The van der Waals surface area contributed by atoms with Gasteiger partial charge in [0.15, 0.2) is 0 Å². The van der Waals surface area contributed by atoms with Gasteiger partial charge >= 0.3 is 0 Å². The van der Waals surface area contributed by atoms with Crippen LogP contribution in [0.25, 0.3) is 0 Å². The van der Waals surface area contributed by atoms with Gasteiger partial charge in [0.1, 0.15) is 17.2 Å². The Kier molecular flexibility index (Phi) is 7.29. The second-order valence-electron chi connectivity index (χ2n) is 5.86. The van der Waals surface area contributed by atoms with Gasteiger partial charge in [-0.15, -0.1) is 0 Å². The van der Waals surface area contributed by atoms with E-state index in [1.807, 2.05) is 43.1 Å². The van der Waals surface area contributed by atoms with Crippen LogP contribution >= 0.6 is 0 Å². The van der Waals surface area contributed by atoms with Gasteiger partial charge < -0.3 is 19.5 Å². The van der Waals surface area contributed by atoms with Crippen LogP contribution in [0.3, 0.4) is 0 Å². The van der Waals surface area contributed by atoms with Crippen molar-refractivity contribution in [3.8, 4) is 17.2 Å². The molecule has 26 heavy (non-hydrogen) atoms. The molecule has 0 saturated carbocycles. The minimum Gasteiger partial charge on any atom is -0.497 e. The summed E-state index contributed by atoms with van der Waals surface area (Å²) in [5.74, 6) is 1.98. The molecule has 0 aliphatic carbocycles. The van der Waals surface area contributed by atoms with Crippen LogP contribution in [-0.4, -0.2) is 45.2 Å². The van der Waals surface area contributed by atoms with E-state index < -0.39 is 0 Å². The average Bonchev–Trinajstić information content (AvgIpc) is 2.63. The summed E-state index contributed by atoms with van der Waals surface area (Å²) in [6, 6.07) is 13.2. The first-order chi connectivity index (χ1) is 12.5. The average molecular weight is 358 g/mol. The highest BCUT2D eigenvalue weighted by Gasteiger charge is 2.11. The highest BCUT2D eigenvalue weighted by atomic mass is 16.5. The Hall–Kier alpha value is -2.73. The van der Waals surface area contributed by atoms with Crippen molar-refractivity contribution in [1.29, 1.82) is 0 Å². The largest absolute Gasteiger partial charge is 0.497 e. The SMILES string of the molecule is CCOc1ccc(CN(C)CC(=O)Nc2ccc(OC)cc2OC)cc1. The number of anilines is 1. The van der Waals surface area contributed by atoms with Crippen LogP contribution in [0.1, 0.15) is 12.5 Å². The van der Waals surface area contributed by atoms with Crippen molar-refractivity contribution < 1.29 is 19.0 Å². The topological polar surface area (TPSA) is 60.0 Å². The first kappa shape index (κ1) is 19.6. The van der Waals surface area contributed by atoms with Crippen LogP contribution in [0, 0.1) is 0 Å². The minimum absolute atomic E-state index is 0.109. The lowest BCUT2D eigenvalue weighted by Gasteiger charge is -2.17. The molecule has 0 aliphatic heterocycles. The van der Waals surface area contributed by atoms with Gasteiger partial charge in [0.2, 0.25) is 5.91 Å². The van der Waals surface area contributed by atoms with Crippen molar-refractivity contribution in [3.05, 3.63) is 48.0 Å². The van der Waals surface area contributed by atoms with Crippen molar-refractivity contribution in [2.24, 2.45) is 0 Å². The number of hydrogen-bond donors (Lipinski definition) is 1. The van der Waals surface area contributed by atoms with Gasteiger partial charge in [-0.25, -0.2) is 0 Å². The molecule has 6 nitrogen and oxygen atoms in total. The molecular formula is C20H26N2O4. The molecule has 6 heteroatoms. The second-order valence-corrected chi connectivity index (χ2v) is 5.86. The lowest BCUT2D eigenvalue weighted by Crippen LogP contribution is -2.29. The van der Waals surface area contributed by atoms with Crippen molar-refractivity contribution in [2.45, 2.75) is 13.5 Å². The van der Waals surface area contributed by atoms with Crippen LogP contribution in [0.4, 0.5) is 5.69 Å². The van der Waals surface area contributed by atoms with E-state index in [1.54, 1.807) is 32.4 Å². The Balaban J connectivity index is 1.90. The number of benzene rings is 2. The van der Waals surface area contributed by atoms with Crippen LogP contribution < -0.4 is 19.5 Å². The van der Waals surface area contributed by atoms with Crippen molar-refractivity contribution in [1.82, 2.24) is 4.90 Å². The molecule has 1 N–H and O–H groups in total. The number of methoxy groups -OCH3 is 2. The molecule has 2 rings (SSSR count). The fourth-order valence-corrected chi connectivity index (χ4v) is 2.56. The second kappa shape index (κ2) is 9.68. The quantitative estimate of drug-likeness (QED) is 0.746. The van der Waals surface area contributed by atoms with Crippen molar-refractivity contribution in [2.75, 3.05) is 39.7 Å². The Morgan fingerprint density at radius 2 is 1.73 bits per heavy atom. The number of nitrogens with zero attached hydrogens (tertiary/aromatic N) is 1. The Labute approximate surface area is 154 Å².